The Bertz CT molecular complexity index is 673. The van der Waals surface area contributed by atoms with E-state index in [2.05, 4.69) is 15.9 Å². The first-order valence-corrected chi connectivity index (χ1v) is 7.16. The van der Waals surface area contributed by atoms with E-state index < -0.39 is 5.97 Å². The predicted molar refractivity (Wildman–Crippen MR) is 83.4 cm³/mol. The number of methoxy groups -OCH3 is 1. The fraction of sp³-hybridized carbons (Fsp3) is 0.133. The van der Waals surface area contributed by atoms with Gasteiger partial charge in [-0.2, -0.15) is 0 Å². The van der Waals surface area contributed by atoms with Crippen molar-refractivity contribution in [3.8, 4) is 11.5 Å². The molecule has 0 aromatic heterocycles. The van der Waals surface area contributed by atoms with E-state index in [9.17, 15) is 4.79 Å². The number of rotatable bonds is 5. The normalized spacial score (nSPS) is 10.2. The van der Waals surface area contributed by atoms with Gasteiger partial charge in [0, 0.05) is 15.1 Å². The molecular formula is C15H12BrClO4. The van der Waals surface area contributed by atoms with Gasteiger partial charge in [-0.3, -0.25) is 0 Å². The minimum atomic E-state index is -1.07. The molecule has 2 rings (SSSR count). The van der Waals surface area contributed by atoms with Crippen molar-refractivity contribution in [1.29, 1.82) is 0 Å². The van der Waals surface area contributed by atoms with E-state index in [0.29, 0.717) is 10.8 Å². The molecule has 0 heterocycles. The SMILES string of the molecule is COc1ccc(Br)cc1COc1cc(Cl)ccc1C(=O)O. The van der Waals surface area contributed by atoms with Crippen molar-refractivity contribution in [3.05, 3.63) is 57.0 Å². The molecule has 0 saturated carbocycles. The van der Waals surface area contributed by atoms with E-state index in [4.69, 9.17) is 26.2 Å². The highest BCUT2D eigenvalue weighted by atomic mass is 79.9. The van der Waals surface area contributed by atoms with Crippen molar-refractivity contribution in [2.75, 3.05) is 7.11 Å². The van der Waals surface area contributed by atoms with Gasteiger partial charge in [0.05, 0.1) is 7.11 Å². The second kappa shape index (κ2) is 6.83. The summed E-state index contributed by atoms with van der Waals surface area (Å²) in [7, 11) is 1.56. The molecule has 110 valence electrons. The lowest BCUT2D eigenvalue weighted by Crippen LogP contribution is -2.04. The van der Waals surface area contributed by atoms with Crippen LogP contribution >= 0.6 is 27.5 Å². The number of ether oxygens (including phenoxy) is 2. The predicted octanol–water partition coefficient (Wildman–Crippen LogP) is 4.39. The van der Waals surface area contributed by atoms with Crippen LogP contribution in [0.15, 0.2) is 40.9 Å². The zero-order valence-electron chi connectivity index (χ0n) is 11.1. The highest BCUT2D eigenvalue weighted by Crippen LogP contribution is 2.27. The number of aromatic carboxylic acids is 1. The van der Waals surface area contributed by atoms with Crippen molar-refractivity contribution in [3.63, 3.8) is 0 Å². The summed E-state index contributed by atoms with van der Waals surface area (Å²) in [6.45, 7) is 0.170. The Morgan fingerprint density at radius 2 is 2.00 bits per heavy atom. The smallest absolute Gasteiger partial charge is 0.339 e. The Morgan fingerprint density at radius 1 is 1.24 bits per heavy atom. The van der Waals surface area contributed by atoms with Gasteiger partial charge in [0.1, 0.15) is 23.7 Å². The monoisotopic (exact) mass is 370 g/mol. The van der Waals surface area contributed by atoms with E-state index in [1.165, 1.54) is 18.2 Å². The van der Waals surface area contributed by atoms with Crippen LogP contribution in [0.1, 0.15) is 15.9 Å². The van der Waals surface area contributed by atoms with Crippen LogP contribution in [0.25, 0.3) is 0 Å². The van der Waals surface area contributed by atoms with Crippen LogP contribution in [0, 0.1) is 0 Å². The third-order valence-corrected chi connectivity index (χ3v) is 3.53. The second-order valence-corrected chi connectivity index (χ2v) is 5.54. The van der Waals surface area contributed by atoms with Gasteiger partial charge in [-0.25, -0.2) is 4.79 Å². The summed E-state index contributed by atoms with van der Waals surface area (Å²) in [6, 6.07) is 9.91. The molecule has 0 spiro atoms. The standard InChI is InChI=1S/C15H12BrClO4/c1-20-13-5-2-10(16)6-9(13)8-21-14-7-11(17)3-4-12(14)15(18)19/h2-7H,8H2,1H3,(H,18,19). The molecule has 0 aliphatic rings. The first-order valence-electron chi connectivity index (χ1n) is 5.99. The molecule has 4 nitrogen and oxygen atoms in total. The van der Waals surface area contributed by atoms with Gasteiger partial charge in [-0.1, -0.05) is 27.5 Å². The highest BCUT2D eigenvalue weighted by Gasteiger charge is 2.13. The molecule has 0 saturated heterocycles. The Kier molecular flexibility index (Phi) is 5.09. The first-order chi connectivity index (χ1) is 10.0. The van der Waals surface area contributed by atoms with Gasteiger partial charge in [0.2, 0.25) is 0 Å². The topological polar surface area (TPSA) is 55.8 Å². The lowest BCUT2D eigenvalue weighted by molar-refractivity contribution is 0.0692. The lowest BCUT2D eigenvalue weighted by Gasteiger charge is -2.12. The Hall–Kier alpha value is -1.72. The van der Waals surface area contributed by atoms with Crippen molar-refractivity contribution >= 4 is 33.5 Å². The maximum atomic E-state index is 11.2. The number of carboxylic acids is 1. The van der Waals surface area contributed by atoms with Gasteiger partial charge in [0.15, 0.2) is 0 Å². The fourth-order valence-electron chi connectivity index (χ4n) is 1.81. The molecular weight excluding hydrogens is 360 g/mol. The maximum absolute atomic E-state index is 11.2. The molecule has 0 radical (unpaired) electrons. The Labute approximate surface area is 135 Å². The summed E-state index contributed by atoms with van der Waals surface area (Å²) in [5.41, 5.74) is 0.858. The highest BCUT2D eigenvalue weighted by molar-refractivity contribution is 9.10. The van der Waals surface area contributed by atoms with Crippen molar-refractivity contribution in [2.45, 2.75) is 6.61 Å². The van der Waals surface area contributed by atoms with E-state index >= 15 is 0 Å². The van der Waals surface area contributed by atoms with Crippen LogP contribution in [0.2, 0.25) is 5.02 Å². The molecule has 6 heteroatoms. The molecule has 0 unspecified atom stereocenters. The summed E-state index contributed by atoms with van der Waals surface area (Å²) in [5.74, 6) is -0.183. The van der Waals surface area contributed by atoms with Crippen LogP contribution in [0.5, 0.6) is 11.5 Å². The minimum absolute atomic E-state index is 0.0633. The van der Waals surface area contributed by atoms with Gasteiger partial charge >= 0.3 is 5.97 Å². The quantitative estimate of drug-likeness (QED) is 0.847. The third-order valence-electron chi connectivity index (χ3n) is 2.80. The van der Waals surface area contributed by atoms with Crippen LogP contribution in [-0.4, -0.2) is 18.2 Å². The lowest BCUT2D eigenvalue weighted by atomic mass is 10.2. The molecule has 0 aliphatic carbocycles. The first kappa shape index (κ1) is 15.7. The summed E-state index contributed by atoms with van der Waals surface area (Å²) in [6.07, 6.45) is 0. The summed E-state index contributed by atoms with van der Waals surface area (Å²) >= 11 is 9.26. The van der Waals surface area contributed by atoms with Gasteiger partial charge in [-0.05, 0) is 36.4 Å². The number of carboxylic acid groups (broad SMARTS) is 1. The summed E-state index contributed by atoms with van der Waals surface area (Å²) in [5, 5.41) is 9.56. The van der Waals surface area contributed by atoms with E-state index in [-0.39, 0.29) is 17.9 Å². The molecule has 0 amide bonds. The zero-order valence-corrected chi connectivity index (χ0v) is 13.4. The molecule has 0 bridgehead atoms. The average Bonchev–Trinajstić information content (AvgIpc) is 2.45. The van der Waals surface area contributed by atoms with Crippen LogP contribution in [0.3, 0.4) is 0 Å². The van der Waals surface area contributed by atoms with Gasteiger partial charge in [0.25, 0.3) is 0 Å². The van der Waals surface area contributed by atoms with E-state index in [1.807, 2.05) is 12.1 Å². The van der Waals surface area contributed by atoms with Crippen LogP contribution in [0.4, 0.5) is 0 Å². The fourth-order valence-corrected chi connectivity index (χ4v) is 2.38. The molecule has 0 aliphatic heterocycles. The molecule has 2 aromatic carbocycles. The molecule has 2 aromatic rings. The third kappa shape index (κ3) is 3.89. The maximum Gasteiger partial charge on any atom is 0.339 e. The number of benzene rings is 2. The van der Waals surface area contributed by atoms with Gasteiger partial charge in [-0.15, -0.1) is 0 Å². The average molecular weight is 372 g/mol. The summed E-state index contributed by atoms with van der Waals surface area (Å²) < 4.78 is 11.7. The number of halogens is 2. The number of hydrogen-bond donors (Lipinski definition) is 1. The van der Waals surface area contributed by atoms with Crippen molar-refractivity contribution in [2.24, 2.45) is 0 Å². The largest absolute Gasteiger partial charge is 0.496 e. The second-order valence-electron chi connectivity index (χ2n) is 4.19. The van der Waals surface area contributed by atoms with Crippen molar-refractivity contribution < 1.29 is 19.4 Å². The molecule has 0 atom stereocenters. The Morgan fingerprint density at radius 3 is 2.67 bits per heavy atom. The van der Waals surface area contributed by atoms with Gasteiger partial charge < -0.3 is 14.6 Å². The molecule has 21 heavy (non-hydrogen) atoms. The number of hydrogen-bond acceptors (Lipinski definition) is 3. The summed E-state index contributed by atoms with van der Waals surface area (Å²) in [4.78, 5) is 11.2. The Balaban J connectivity index is 2.26. The van der Waals surface area contributed by atoms with Crippen LogP contribution in [-0.2, 0) is 6.61 Å². The van der Waals surface area contributed by atoms with E-state index in [1.54, 1.807) is 13.2 Å². The van der Waals surface area contributed by atoms with E-state index in [0.717, 1.165) is 10.0 Å². The van der Waals surface area contributed by atoms with Crippen LogP contribution < -0.4 is 9.47 Å². The minimum Gasteiger partial charge on any atom is -0.496 e. The number of carbonyl (C=O) groups is 1. The molecule has 1 N–H and O–H groups in total. The zero-order chi connectivity index (χ0) is 15.4. The molecule has 0 fully saturated rings. The van der Waals surface area contributed by atoms with Crippen molar-refractivity contribution in [1.82, 2.24) is 0 Å².